The van der Waals surface area contributed by atoms with Gasteiger partial charge in [-0.1, -0.05) is 0 Å². The van der Waals surface area contributed by atoms with Gasteiger partial charge in [-0.25, -0.2) is 4.79 Å². The first-order valence-electron chi connectivity index (χ1n) is 6.73. The van der Waals surface area contributed by atoms with Crippen LogP contribution in [0.25, 0.3) is 0 Å². The number of nitrogens with one attached hydrogen (secondary N) is 2. The molecule has 1 aliphatic rings. The van der Waals surface area contributed by atoms with E-state index in [2.05, 4.69) is 10.6 Å². The van der Waals surface area contributed by atoms with Crippen LogP contribution in [0.2, 0.25) is 0 Å². The lowest BCUT2D eigenvalue weighted by Crippen LogP contribution is -2.39. The highest BCUT2D eigenvalue weighted by atomic mass is 16.5. The summed E-state index contributed by atoms with van der Waals surface area (Å²) in [4.78, 5) is 22.0. The largest absolute Gasteiger partial charge is 0.376 e. The van der Waals surface area contributed by atoms with Gasteiger partial charge >= 0.3 is 6.03 Å². The molecule has 2 unspecified atom stereocenters. The lowest BCUT2D eigenvalue weighted by atomic mass is 9.99. The van der Waals surface area contributed by atoms with Crippen molar-refractivity contribution < 1.29 is 14.3 Å². The molecule has 0 aliphatic carbocycles. The Morgan fingerprint density at radius 1 is 1.58 bits per heavy atom. The third-order valence-electron chi connectivity index (χ3n) is 3.02. The molecule has 19 heavy (non-hydrogen) atoms. The van der Waals surface area contributed by atoms with Crippen LogP contribution in [0, 0.1) is 5.92 Å². The lowest BCUT2D eigenvalue weighted by molar-refractivity contribution is -0.119. The van der Waals surface area contributed by atoms with Crippen molar-refractivity contribution in [3.05, 3.63) is 0 Å². The minimum atomic E-state index is -0.531. The Labute approximate surface area is 114 Å². The van der Waals surface area contributed by atoms with Crippen molar-refractivity contribution >= 4 is 11.9 Å². The van der Waals surface area contributed by atoms with E-state index in [0.717, 1.165) is 12.8 Å². The Bertz CT molecular complexity index is 326. The van der Waals surface area contributed by atoms with Gasteiger partial charge in [0.05, 0.1) is 12.2 Å². The topological polar surface area (TPSA) is 93.4 Å². The van der Waals surface area contributed by atoms with Crippen LogP contribution in [0.4, 0.5) is 4.79 Å². The van der Waals surface area contributed by atoms with Gasteiger partial charge < -0.3 is 21.1 Å². The van der Waals surface area contributed by atoms with E-state index < -0.39 is 6.03 Å². The molecule has 1 rings (SSSR count). The molecule has 6 heteroatoms. The summed E-state index contributed by atoms with van der Waals surface area (Å²) >= 11 is 0. The fourth-order valence-electron chi connectivity index (χ4n) is 2.08. The summed E-state index contributed by atoms with van der Waals surface area (Å²) in [5.74, 6) is 0.249. The number of carbonyl (C=O) groups is 2. The van der Waals surface area contributed by atoms with E-state index >= 15 is 0 Å². The summed E-state index contributed by atoms with van der Waals surface area (Å²) in [6, 6.07) is -0.355. The molecule has 2 atom stereocenters. The molecule has 0 aromatic heterocycles. The lowest BCUT2D eigenvalue weighted by Gasteiger charge is -2.26. The highest BCUT2D eigenvalue weighted by Crippen LogP contribution is 2.18. The summed E-state index contributed by atoms with van der Waals surface area (Å²) in [5, 5.41) is 5.54. The van der Waals surface area contributed by atoms with Crippen molar-refractivity contribution in [1.82, 2.24) is 10.6 Å². The first-order valence-corrected chi connectivity index (χ1v) is 6.73. The molecule has 0 aromatic carbocycles. The van der Waals surface area contributed by atoms with Crippen molar-refractivity contribution in [1.29, 1.82) is 0 Å². The molecule has 0 aromatic rings. The minimum Gasteiger partial charge on any atom is -0.376 e. The average molecular weight is 271 g/mol. The van der Waals surface area contributed by atoms with Crippen LogP contribution in [0.5, 0.6) is 0 Å². The van der Waals surface area contributed by atoms with Gasteiger partial charge in [0.15, 0.2) is 0 Å². The number of hydrogen-bond acceptors (Lipinski definition) is 3. The number of primary amides is 1. The Hall–Kier alpha value is -1.30. The second kappa shape index (κ2) is 6.75. The Morgan fingerprint density at radius 3 is 2.74 bits per heavy atom. The molecular weight excluding hydrogens is 246 g/mol. The average Bonchev–Trinajstić information content (AvgIpc) is 2.66. The van der Waals surface area contributed by atoms with Gasteiger partial charge in [0.1, 0.15) is 0 Å². The molecule has 0 bridgehead atoms. The van der Waals surface area contributed by atoms with Crippen LogP contribution >= 0.6 is 0 Å². The van der Waals surface area contributed by atoms with Gasteiger partial charge in [0, 0.05) is 24.9 Å². The molecule has 4 N–H and O–H groups in total. The number of amides is 3. The molecule has 110 valence electrons. The van der Waals surface area contributed by atoms with Crippen molar-refractivity contribution in [2.24, 2.45) is 11.7 Å². The summed E-state index contributed by atoms with van der Waals surface area (Å²) in [6.45, 7) is 6.97. The Morgan fingerprint density at radius 2 is 2.26 bits per heavy atom. The first kappa shape index (κ1) is 15.8. The standard InChI is InChI=1S/C13H25N3O3/c1-13(2,3)19-8-9(7-15-12(14)18)6-10-4-5-11(17)16-10/h9-10H,4-8H2,1-3H3,(H,16,17)(H3,14,15,18). The zero-order chi connectivity index (χ0) is 14.5. The van der Waals surface area contributed by atoms with E-state index in [0.29, 0.717) is 19.6 Å². The van der Waals surface area contributed by atoms with Gasteiger partial charge in [-0.15, -0.1) is 0 Å². The summed E-state index contributed by atoms with van der Waals surface area (Å²) < 4.78 is 5.76. The quantitative estimate of drug-likeness (QED) is 0.665. The number of rotatable bonds is 6. The normalized spacial score (nSPS) is 21.0. The van der Waals surface area contributed by atoms with Gasteiger partial charge in [0.25, 0.3) is 0 Å². The smallest absolute Gasteiger partial charge is 0.312 e. The molecule has 1 heterocycles. The molecule has 3 amide bonds. The molecule has 1 fully saturated rings. The number of nitrogens with two attached hydrogens (primary N) is 1. The summed E-state index contributed by atoms with van der Waals surface area (Å²) in [7, 11) is 0. The highest BCUT2D eigenvalue weighted by Gasteiger charge is 2.25. The SMILES string of the molecule is CC(C)(C)OCC(CNC(N)=O)CC1CCC(=O)N1. The maximum Gasteiger partial charge on any atom is 0.312 e. The third kappa shape index (κ3) is 7.00. The molecular formula is C13H25N3O3. The molecule has 1 aliphatic heterocycles. The molecule has 0 radical (unpaired) electrons. The maximum atomic E-state index is 11.2. The molecule has 1 saturated heterocycles. The van der Waals surface area contributed by atoms with Crippen LogP contribution in [0.3, 0.4) is 0 Å². The van der Waals surface area contributed by atoms with Gasteiger partial charge in [-0.3, -0.25) is 4.79 Å². The molecule has 6 nitrogen and oxygen atoms in total. The van der Waals surface area contributed by atoms with E-state index in [1.807, 2.05) is 20.8 Å². The van der Waals surface area contributed by atoms with Crippen LogP contribution < -0.4 is 16.4 Å². The summed E-state index contributed by atoms with van der Waals surface area (Å²) in [5.41, 5.74) is 4.87. The first-order chi connectivity index (χ1) is 8.76. The van der Waals surface area contributed by atoms with Crippen molar-refractivity contribution in [3.63, 3.8) is 0 Å². The second-order valence-electron chi connectivity index (χ2n) is 6.07. The van der Waals surface area contributed by atoms with E-state index in [1.54, 1.807) is 0 Å². The zero-order valence-electron chi connectivity index (χ0n) is 12.0. The third-order valence-corrected chi connectivity index (χ3v) is 3.02. The highest BCUT2D eigenvalue weighted by molar-refractivity contribution is 5.78. The van der Waals surface area contributed by atoms with E-state index in [1.165, 1.54) is 0 Å². The fraction of sp³-hybridized carbons (Fsp3) is 0.846. The van der Waals surface area contributed by atoms with Crippen molar-refractivity contribution in [2.75, 3.05) is 13.2 Å². The van der Waals surface area contributed by atoms with Crippen LogP contribution in [0.1, 0.15) is 40.0 Å². The number of ether oxygens (including phenoxy) is 1. The fourth-order valence-corrected chi connectivity index (χ4v) is 2.08. The number of urea groups is 1. The zero-order valence-corrected chi connectivity index (χ0v) is 12.0. The van der Waals surface area contributed by atoms with Crippen LogP contribution in [0.15, 0.2) is 0 Å². The van der Waals surface area contributed by atoms with Gasteiger partial charge in [-0.2, -0.15) is 0 Å². The summed E-state index contributed by atoms with van der Waals surface area (Å²) in [6.07, 6.45) is 2.23. The van der Waals surface area contributed by atoms with Crippen molar-refractivity contribution in [2.45, 2.75) is 51.7 Å². The van der Waals surface area contributed by atoms with E-state index in [9.17, 15) is 9.59 Å². The number of hydrogen-bond donors (Lipinski definition) is 3. The predicted octanol–water partition coefficient (Wildman–Crippen LogP) is 0.755. The molecule has 0 saturated carbocycles. The monoisotopic (exact) mass is 271 g/mol. The van der Waals surface area contributed by atoms with Crippen LogP contribution in [-0.2, 0) is 9.53 Å². The Balaban J connectivity index is 2.43. The van der Waals surface area contributed by atoms with Crippen LogP contribution in [-0.4, -0.2) is 36.7 Å². The van der Waals surface area contributed by atoms with Crippen molar-refractivity contribution in [3.8, 4) is 0 Å². The maximum absolute atomic E-state index is 11.2. The molecule has 0 spiro atoms. The van der Waals surface area contributed by atoms with E-state index in [4.69, 9.17) is 10.5 Å². The minimum absolute atomic E-state index is 0.100. The second-order valence-corrected chi connectivity index (χ2v) is 6.07. The Kier molecular flexibility index (Phi) is 5.60. The number of carbonyl (C=O) groups excluding carboxylic acids is 2. The van der Waals surface area contributed by atoms with Gasteiger partial charge in [0.2, 0.25) is 5.91 Å². The predicted molar refractivity (Wildman–Crippen MR) is 72.6 cm³/mol. The van der Waals surface area contributed by atoms with Gasteiger partial charge in [-0.05, 0) is 33.6 Å². The van der Waals surface area contributed by atoms with E-state index in [-0.39, 0.29) is 23.5 Å².